The van der Waals surface area contributed by atoms with Gasteiger partial charge in [0.2, 0.25) is 0 Å². The quantitative estimate of drug-likeness (QED) is 0.845. The fourth-order valence-corrected chi connectivity index (χ4v) is 1.81. The first-order chi connectivity index (χ1) is 8.54. The molecule has 1 rings (SSSR count). The van der Waals surface area contributed by atoms with E-state index in [9.17, 15) is 9.50 Å². The Morgan fingerprint density at radius 2 is 1.79 bits per heavy atom. The lowest BCUT2D eigenvalue weighted by Gasteiger charge is -2.20. The molecule has 0 spiro atoms. The first-order valence-electron chi connectivity index (χ1n) is 5.90. The van der Waals surface area contributed by atoms with Gasteiger partial charge in [-0.15, -0.1) is 12.4 Å². The summed E-state index contributed by atoms with van der Waals surface area (Å²) in [5, 5.41) is 9.82. The maximum Gasteiger partial charge on any atom is 0.163 e. The van der Waals surface area contributed by atoms with E-state index in [0.717, 1.165) is 6.42 Å². The first-order valence-corrected chi connectivity index (χ1v) is 5.90. The first kappa shape index (κ1) is 18.0. The van der Waals surface area contributed by atoms with Crippen molar-refractivity contribution < 1.29 is 19.0 Å². The summed E-state index contributed by atoms with van der Waals surface area (Å²) < 4.78 is 24.0. The van der Waals surface area contributed by atoms with Crippen LogP contribution in [0.3, 0.4) is 0 Å². The highest BCUT2D eigenvalue weighted by atomic mass is 35.5. The van der Waals surface area contributed by atoms with Crippen LogP contribution in [0.1, 0.15) is 31.4 Å². The fourth-order valence-electron chi connectivity index (χ4n) is 1.81. The lowest BCUT2D eigenvalue weighted by atomic mass is 9.98. The maximum atomic E-state index is 13.9. The fraction of sp³-hybridized carbons (Fsp3) is 0.538. The molecular formula is C13H21ClFNO3. The number of rotatable bonds is 6. The van der Waals surface area contributed by atoms with Gasteiger partial charge in [0.05, 0.1) is 26.4 Å². The van der Waals surface area contributed by atoms with Crippen molar-refractivity contribution in [3.05, 3.63) is 23.5 Å². The van der Waals surface area contributed by atoms with Crippen molar-refractivity contribution in [2.24, 2.45) is 5.73 Å². The van der Waals surface area contributed by atoms with Crippen LogP contribution in [-0.2, 0) is 0 Å². The van der Waals surface area contributed by atoms with E-state index >= 15 is 0 Å². The number of ether oxygens (including phenoxy) is 2. The summed E-state index contributed by atoms with van der Waals surface area (Å²) >= 11 is 0. The van der Waals surface area contributed by atoms with Gasteiger partial charge in [0, 0.05) is 11.6 Å². The summed E-state index contributed by atoms with van der Waals surface area (Å²) in [6, 6.07) is 1.91. The molecule has 0 unspecified atom stereocenters. The number of hydrogen-bond donors (Lipinski definition) is 2. The van der Waals surface area contributed by atoms with Crippen molar-refractivity contribution in [1.29, 1.82) is 0 Å². The molecule has 0 aliphatic carbocycles. The van der Waals surface area contributed by atoms with Crippen molar-refractivity contribution >= 4 is 12.4 Å². The third kappa shape index (κ3) is 4.23. The number of halogens is 2. The van der Waals surface area contributed by atoms with Gasteiger partial charge in [0.15, 0.2) is 11.5 Å². The Bertz CT molecular complexity index is 404. The lowest BCUT2D eigenvalue weighted by molar-refractivity contribution is 0.132. The standard InChI is InChI=1S/C13H20FNO3.ClH/c1-4-5-10(16)13(15)8-6-11(17-2)12(18-3)7-9(8)14;/h6-7,10,13,16H,4-5,15H2,1-3H3;1H/t10-,13+;/m1./s1. The van der Waals surface area contributed by atoms with Gasteiger partial charge in [-0.3, -0.25) is 0 Å². The predicted octanol–water partition coefficient (Wildman–Crippen LogP) is 2.43. The SMILES string of the molecule is CCC[C@@H](O)[C@@H](N)c1cc(OC)c(OC)cc1F.Cl. The monoisotopic (exact) mass is 293 g/mol. The minimum atomic E-state index is -0.775. The van der Waals surface area contributed by atoms with Crippen molar-refractivity contribution in [3.8, 4) is 11.5 Å². The van der Waals surface area contributed by atoms with Crippen molar-refractivity contribution in [2.45, 2.75) is 31.9 Å². The van der Waals surface area contributed by atoms with Crippen LogP contribution in [-0.4, -0.2) is 25.4 Å². The number of aliphatic hydroxyl groups is 1. The third-order valence-corrected chi connectivity index (χ3v) is 2.86. The Morgan fingerprint density at radius 1 is 1.26 bits per heavy atom. The van der Waals surface area contributed by atoms with Crippen LogP contribution in [0.5, 0.6) is 11.5 Å². The molecule has 0 radical (unpaired) electrons. The van der Waals surface area contributed by atoms with E-state index in [1.807, 2.05) is 6.92 Å². The van der Waals surface area contributed by atoms with E-state index < -0.39 is 18.0 Å². The third-order valence-electron chi connectivity index (χ3n) is 2.86. The molecule has 0 heterocycles. The van der Waals surface area contributed by atoms with E-state index in [-0.39, 0.29) is 18.0 Å². The largest absolute Gasteiger partial charge is 0.493 e. The van der Waals surface area contributed by atoms with E-state index in [0.29, 0.717) is 17.9 Å². The highest BCUT2D eigenvalue weighted by molar-refractivity contribution is 5.85. The molecule has 6 heteroatoms. The molecule has 2 atom stereocenters. The second-order valence-corrected chi connectivity index (χ2v) is 4.11. The molecule has 0 amide bonds. The summed E-state index contributed by atoms with van der Waals surface area (Å²) in [6.45, 7) is 1.93. The highest BCUT2D eigenvalue weighted by Gasteiger charge is 2.22. The van der Waals surface area contributed by atoms with E-state index in [4.69, 9.17) is 15.2 Å². The molecule has 0 aliphatic rings. The topological polar surface area (TPSA) is 64.7 Å². The minimum absolute atomic E-state index is 0. The second kappa shape index (κ2) is 8.19. The molecule has 3 N–H and O–H groups in total. The van der Waals surface area contributed by atoms with Crippen LogP contribution >= 0.6 is 12.4 Å². The molecule has 0 bridgehead atoms. The van der Waals surface area contributed by atoms with E-state index in [2.05, 4.69) is 0 Å². The highest BCUT2D eigenvalue weighted by Crippen LogP contribution is 2.33. The molecule has 0 aromatic heterocycles. The number of hydrogen-bond acceptors (Lipinski definition) is 4. The van der Waals surface area contributed by atoms with Gasteiger partial charge in [-0.25, -0.2) is 4.39 Å². The number of nitrogens with two attached hydrogens (primary N) is 1. The average molecular weight is 294 g/mol. The maximum absolute atomic E-state index is 13.9. The zero-order valence-electron chi connectivity index (χ0n) is 11.4. The summed E-state index contributed by atoms with van der Waals surface area (Å²) in [4.78, 5) is 0. The van der Waals surface area contributed by atoms with Gasteiger partial charge in [0.25, 0.3) is 0 Å². The van der Waals surface area contributed by atoms with Gasteiger partial charge < -0.3 is 20.3 Å². The summed E-state index contributed by atoms with van der Waals surface area (Å²) in [5.74, 6) is 0.194. The average Bonchev–Trinajstić information content (AvgIpc) is 2.37. The Hall–Kier alpha value is -1.04. The molecule has 0 saturated heterocycles. The molecule has 0 aliphatic heterocycles. The summed E-state index contributed by atoms with van der Waals surface area (Å²) in [7, 11) is 2.90. The second-order valence-electron chi connectivity index (χ2n) is 4.11. The van der Waals surface area contributed by atoms with Gasteiger partial charge in [0.1, 0.15) is 5.82 Å². The molecule has 0 fully saturated rings. The van der Waals surface area contributed by atoms with Crippen LogP contribution in [0, 0.1) is 5.82 Å². The molecule has 19 heavy (non-hydrogen) atoms. The smallest absolute Gasteiger partial charge is 0.163 e. The van der Waals surface area contributed by atoms with Crippen molar-refractivity contribution in [2.75, 3.05) is 14.2 Å². The van der Waals surface area contributed by atoms with Gasteiger partial charge >= 0.3 is 0 Å². The summed E-state index contributed by atoms with van der Waals surface area (Å²) in [6.07, 6.45) is 0.529. The normalized spacial score (nSPS) is 13.4. The Kier molecular flexibility index (Phi) is 7.75. The molecule has 1 aromatic carbocycles. The number of aliphatic hydroxyl groups excluding tert-OH is 1. The van der Waals surface area contributed by atoms with E-state index in [1.165, 1.54) is 26.4 Å². The number of methoxy groups -OCH3 is 2. The minimum Gasteiger partial charge on any atom is -0.493 e. The van der Waals surface area contributed by atoms with Gasteiger partial charge in [-0.2, -0.15) is 0 Å². The molecule has 110 valence electrons. The van der Waals surface area contributed by atoms with Crippen LogP contribution in [0.4, 0.5) is 4.39 Å². The molecule has 0 saturated carbocycles. The van der Waals surface area contributed by atoms with Gasteiger partial charge in [-0.1, -0.05) is 13.3 Å². The van der Waals surface area contributed by atoms with Gasteiger partial charge in [-0.05, 0) is 12.5 Å². The lowest BCUT2D eigenvalue weighted by Crippen LogP contribution is -2.27. The van der Waals surface area contributed by atoms with Crippen LogP contribution in [0.25, 0.3) is 0 Å². The van der Waals surface area contributed by atoms with Crippen molar-refractivity contribution in [1.82, 2.24) is 0 Å². The predicted molar refractivity (Wildman–Crippen MR) is 74.6 cm³/mol. The Balaban J connectivity index is 0.00000324. The molecule has 4 nitrogen and oxygen atoms in total. The Morgan fingerprint density at radius 3 is 2.26 bits per heavy atom. The van der Waals surface area contributed by atoms with E-state index in [1.54, 1.807) is 0 Å². The summed E-state index contributed by atoms with van der Waals surface area (Å²) in [5.41, 5.74) is 6.08. The number of benzene rings is 1. The van der Waals surface area contributed by atoms with Crippen LogP contribution in [0.2, 0.25) is 0 Å². The zero-order chi connectivity index (χ0) is 13.7. The Labute approximate surface area is 119 Å². The zero-order valence-corrected chi connectivity index (χ0v) is 12.2. The van der Waals surface area contributed by atoms with Crippen LogP contribution < -0.4 is 15.2 Å². The van der Waals surface area contributed by atoms with Crippen molar-refractivity contribution in [3.63, 3.8) is 0 Å². The molecule has 1 aromatic rings. The van der Waals surface area contributed by atoms with Crippen LogP contribution in [0.15, 0.2) is 12.1 Å². The molecular weight excluding hydrogens is 273 g/mol.